The zero-order valence-corrected chi connectivity index (χ0v) is 10.9. The smallest absolute Gasteiger partial charge is 0.245 e. The summed E-state index contributed by atoms with van der Waals surface area (Å²) in [4.78, 5) is 22.7. The number of carbonyl (C=O) groups excluding carboxylic acids is 2. The van der Waals surface area contributed by atoms with E-state index in [0.717, 1.165) is 5.57 Å². The van der Waals surface area contributed by atoms with E-state index in [0.29, 0.717) is 6.54 Å². The minimum absolute atomic E-state index is 0.125. The van der Waals surface area contributed by atoms with Crippen molar-refractivity contribution in [1.29, 1.82) is 0 Å². The molecule has 0 radical (unpaired) electrons. The summed E-state index contributed by atoms with van der Waals surface area (Å²) in [5.74, 6) is -0.582. The Morgan fingerprint density at radius 2 is 2.06 bits per heavy atom. The van der Waals surface area contributed by atoms with E-state index in [4.69, 9.17) is 4.74 Å². The predicted molar refractivity (Wildman–Crippen MR) is 71.0 cm³/mol. The summed E-state index contributed by atoms with van der Waals surface area (Å²) in [6.45, 7) is 8.99. The van der Waals surface area contributed by atoms with Gasteiger partial charge >= 0.3 is 0 Å². The summed E-state index contributed by atoms with van der Waals surface area (Å²) in [6, 6.07) is -0.692. The van der Waals surface area contributed by atoms with Crippen molar-refractivity contribution < 1.29 is 14.3 Å². The van der Waals surface area contributed by atoms with Crippen LogP contribution < -0.4 is 10.6 Å². The molecular weight excluding hydrogens is 232 g/mol. The first-order chi connectivity index (χ1) is 8.54. The van der Waals surface area contributed by atoms with Crippen molar-refractivity contribution in [2.45, 2.75) is 13.0 Å². The molecule has 5 nitrogen and oxygen atoms in total. The molecule has 18 heavy (non-hydrogen) atoms. The van der Waals surface area contributed by atoms with Crippen LogP contribution >= 0.6 is 0 Å². The van der Waals surface area contributed by atoms with Gasteiger partial charge < -0.3 is 15.4 Å². The van der Waals surface area contributed by atoms with Crippen LogP contribution in [-0.4, -0.2) is 38.1 Å². The van der Waals surface area contributed by atoms with Crippen LogP contribution in [0.1, 0.15) is 6.92 Å². The van der Waals surface area contributed by atoms with Gasteiger partial charge in [0.05, 0.1) is 6.61 Å². The second kappa shape index (κ2) is 9.18. The molecule has 0 aliphatic rings. The Balaban J connectivity index is 4.41. The molecule has 0 aromatic heterocycles. The molecule has 0 unspecified atom stereocenters. The quantitative estimate of drug-likeness (QED) is 0.620. The number of hydrogen-bond donors (Lipinski definition) is 2. The molecule has 0 rings (SSSR count). The first-order valence-electron chi connectivity index (χ1n) is 5.53. The lowest BCUT2D eigenvalue weighted by atomic mass is 10.2. The minimum atomic E-state index is -0.692. The highest BCUT2D eigenvalue weighted by atomic mass is 16.5. The van der Waals surface area contributed by atoms with Crippen molar-refractivity contribution in [2.24, 2.45) is 0 Å². The summed E-state index contributed by atoms with van der Waals surface area (Å²) in [7, 11) is 1.47. The molecular formula is C13H20N2O3. The van der Waals surface area contributed by atoms with Gasteiger partial charge in [-0.25, -0.2) is 0 Å². The van der Waals surface area contributed by atoms with Gasteiger partial charge in [0.1, 0.15) is 6.04 Å². The average Bonchev–Trinajstić information content (AvgIpc) is 2.33. The Labute approximate surface area is 108 Å². The zero-order valence-electron chi connectivity index (χ0n) is 10.9. The molecule has 0 aliphatic carbocycles. The van der Waals surface area contributed by atoms with Crippen LogP contribution in [0.2, 0.25) is 0 Å². The third-order valence-electron chi connectivity index (χ3n) is 2.09. The standard InChI is InChI=1S/C13H20N2O3/c1-5-7-11(6-2)8-14-13(17)12(9-18-4)15-10(3)16/h5-7,12H,1-2,8-9H2,3-4H3,(H,14,17)(H,15,16)/b11-7+/t12-/m1/s1. The van der Waals surface area contributed by atoms with Crippen LogP contribution in [-0.2, 0) is 14.3 Å². The van der Waals surface area contributed by atoms with Crippen LogP contribution in [0.3, 0.4) is 0 Å². The number of allylic oxidation sites excluding steroid dienone is 2. The number of hydrogen-bond acceptors (Lipinski definition) is 3. The van der Waals surface area contributed by atoms with Gasteiger partial charge in [0, 0.05) is 20.6 Å². The highest BCUT2D eigenvalue weighted by Gasteiger charge is 2.18. The second-order valence-corrected chi connectivity index (χ2v) is 3.61. The second-order valence-electron chi connectivity index (χ2n) is 3.61. The van der Waals surface area contributed by atoms with Crippen LogP contribution in [0.15, 0.2) is 37.0 Å². The minimum Gasteiger partial charge on any atom is -0.382 e. The normalized spacial score (nSPS) is 12.4. The number of ether oxygens (including phenoxy) is 1. The lowest BCUT2D eigenvalue weighted by Gasteiger charge is -2.16. The van der Waals surface area contributed by atoms with E-state index in [9.17, 15) is 9.59 Å². The third-order valence-corrected chi connectivity index (χ3v) is 2.09. The van der Waals surface area contributed by atoms with E-state index in [1.165, 1.54) is 14.0 Å². The van der Waals surface area contributed by atoms with E-state index in [2.05, 4.69) is 23.8 Å². The number of rotatable bonds is 8. The van der Waals surface area contributed by atoms with Crippen LogP contribution in [0.25, 0.3) is 0 Å². The predicted octanol–water partition coefficient (Wildman–Crippen LogP) is 0.552. The maximum absolute atomic E-state index is 11.8. The number of carbonyl (C=O) groups is 2. The topological polar surface area (TPSA) is 67.4 Å². The molecule has 1 atom stereocenters. The molecule has 2 amide bonds. The largest absolute Gasteiger partial charge is 0.382 e. The maximum atomic E-state index is 11.8. The molecule has 2 N–H and O–H groups in total. The number of nitrogens with one attached hydrogen (secondary N) is 2. The Kier molecular flexibility index (Phi) is 8.22. The number of methoxy groups -OCH3 is 1. The van der Waals surface area contributed by atoms with Gasteiger partial charge in [-0.05, 0) is 5.57 Å². The molecule has 0 spiro atoms. The molecule has 0 heterocycles. The fourth-order valence-corrected chi connectivity index (χ4v) is 1.26. The number of amides is 2. The molecule has 0 fully saturated rings. The van der Waals surface area contributed by atoms with E-state index < -0.39 is 6.04 Å². The molecule has 0 aromatic rings. The van der Waals surface area contributed by atoms with E-state index >= 15 is 0 Å². The average molecular weight is 252 g/mol. The first-order valence-corrected chi connectivity index (χ1v) is 5.53. The van der Waals surface area contributed by atoms with Crippen LogP contribution in [0.4, 0.5) is 0 Å². The van der Waals surface area contributed by atoms with E-state index in [-0.39, 0.29) is 18.4 Å². The zero-order chi connectivity index (χ0) is 14.0. The van der Waals surface area contributed by atoms with E-state index in [1.54, 1.807) is 18.2 Å². The lowest BCUT2D eigenvalue weighted by molar-refractivity contribution is -0.129. The van der Waals surface area contributed by atoms with Crippen molar-refractivity contribution in [3.63, 3.8) is 0 Å². The fourth-order valence-electron chi connectivity index (χ4n) is 1.26. The van der Waals surface area contributed by atoms with Gasteiger partial charge in [0.25, 0.3) is 0 Å². The van der Waals surface area contributed by atoms with E-state index in [1.807, 2.05) is 0 Å². The molecule has 0 aliphatic heterocycles. The first kappa shape index (κ1) is 16.1. The van der Waals surface area contributed by atoms with Crippen LogP contribution in [0, 0.1) is 0 Å². The highest BCUT2D eigenvalue weighted by molar-refractivity contribution is 5.87. The summed E-state index contributed by atoms with van der Waals surface area (Å²) < 4.78 is 4.88. The van der Waals surface area contributed by atoms with Crippen molar-refractivity contribution in [3.8, 4) is 0 Å². The SMILES string of the molecule is C=C/C=C(\C=C)CNC(=O)[C@@H](COC)NC(C)=O. The van der Waals surface area contributed by atoms with Gasteiger partial charge in [0.2, 0.25) is 11.8 Å². The molecule has 5 heteroatoms. The Morgan fingerprint density at radius 3 is 2.50 bits per heavy atom. The summed E-state index contributed by atoms with van der Waals surface area (Å²) in [6.07, 6.45) is 4.99. The maximum Gasteiger partial charge on any atom is 0.245 e. The van der Waals surface area contributed by atoms with Crippen molar-refractivity contribution in [2.75, 3.05) is 20.3 Å². The Hall–Kier alpha value is -1.88. The summed E-state index contributed by atoms with van der Waals surface area (Å²) in [5.41, 5.74) is 0.831. The van der Waals surface area contributed by atoms with Crippen molar-refractivity contribution in [1.82, 2.24) is 10.6 Å². The van der Waals surface area contributed by atoms with Gasteiger partial charge in [-0.1, -0.05) is 31.4 Å². The van der Waals surface area contributed by atoms with Crippen LogP contribution in [0.5, 0.6) is 0 Å². The Morgan fingerprint density at radius 1 is 1.39 bits per heavy atom. The monoisotopic (exact) mass is 252 g/mol. The van der Waals surface area contributed by atoms with Gasteiger partial charge in [-0.3, -0.25) is 9.59 Å². The molecule has 0 saturated carbocycles. The van der Waals surface area contributed by atoms with Crippen molar-refractivity contribution >= 4 is 11.8 Å². The highest BCUT2D eigenvalue weighted by Crippen LogP contribution is 1.95. The summed E-state index contributed by atoms with van der Waals surface area (Å²) >= 11 is 0. The van der Waals surface area contributed by atoms with Gasteiger partial charge in [0.15, 0.2) is 0 Å². The van der Waals surface area contributed by atoms with Gasteiger partial charge in [-0.15, -0.1) is 0 Å². The van der Waals surface area contributed by atoms with Gasteiger partial charge in [-0.2, -0.15) is 0 Å². The molecule has 0 aromatic carbocycles. The third kappa shape index (κ3) is 6.65. The van der Waals surface area contributed by atoms with Crippen molar-refractivity contribution in [3.05, 3.63) is 37.0 Å². The summed E-state index contributed by atoms with van der Waals surface area (Å²) in [5, 5.41) is 5.20. The molecule has 0 bridgehead atoms. The fraction of sp³-hybridized carbons (Fsp3) is 0.385. The molecule has 0 saturated heterocycles. The molecule has 100 valence electrons. The lowest BCUT2D eigenvalue weighted by Crippen LogP contribution is -2.48. The Bertz CT molecular complexity index is 348.